The summed E-state index contributed by atoms with van der Waals surface area (Å²) in [4.78, 5) is 20.5. The third-order valence-electron chi connectivity index (χ3n) is 4.24. The van der Waals surface area contributed by atoms with Crippen molar-refractivity contribution in [3.63, 3.8) is 0 Å². The van der Waals surface area contributed by atoms with Crippen LogP contribution in [0, 0.1) is 13.8 Å². The SMILES string of the molecule is Cc1cc(C)n(-c2ccccc2C(=O)NCc2nc3ccccc3[nH]2)n1. The zero-order valence-electron chi connectivity index (χ0n) is 14.7. The van der Waals surface area contributed by atoms with E-state index in [2.05, 4.69) is 20.4 Å². The summed E-state index contributed by atoms with van der Waals surface area (Å²) in [6.45, 7) is 4.25. The van der Waals surface area contributed by atoms with Crippen LogP contribution in [-0.4, -0.2) is 25.7 Å². The highest BCUT2D eigenvalue weighted by Crippen LogP contribution is 2.17. The molecule has 0 radical (unpaired) electrons. The number of rotatable bonds is 4. The van der Waals surface area contributed by atoms with Crippen molar-refractivity contribution in [1.82, 2.24) is 25.1 Å². The lowest BCUT2D eigenvalue weighted by Gasteiger charge is -2.11. The smallest absolute Gasteiger partial charge is 0.253 e. The molecule has 2 heterocycles. The lowest BCUT2D eigenvalue weighted by atomic mass is 10.1. The Morgan fingerprint density at radius 1 is 1.12 bits per heavy atom. The number of benzene rings is 2. The highest BCUT2D eigenvalue weighted by atomic mass is 16.1. The average molecular weight is 345 g/mol. The van der Waals surface area contributed by atoms with Crippen molar-refractivity contribution in [1.29, 1.82) is 0 Å². The number of carbonyl (C=O) groups excluding carboxylic acids is 1. The molecule has 130 valence electrons. The van der Waals surface area contributed by atoms with Crippen LogP contribution >= 0.6 is 0 Å². The number of aromatic amines is 1. The summed E-state index contributed by atoms with van der Waals surface area (Å²) in [5.74, 6) is 0.566. The topological polar surface area (TPSA) is 75.6 Å². The van der Waals surface area contributed by atoms with Crippen molar-refractivity contribution in [2.24, 2.45) is 0 Å². The highest BCUT2D eigenvalue weighted by Gasteiger charge is 2.15. The molecule has 0 aliphatic carbocycles. The quantitative estimate of drug-likeness (QED) is 0.596. The van der Waals surface area contributed by atoms with E-state index in [-0.39, 0.29) is 5.91 Å². The fourth-order valence-corrected chi connectivity index (χ4v) is 3.07. The molecular formula is C20H19N5O. The predicted octanol–water partition coefficient (Wildman–Crippen LogP) is 3.30. The lowest BCUT2D eigenvalue weighted by Crippen LogP contribution is -2.25. The molecule has 0 unspecified atom stereocenters. The molecule has 0 bridgehead atoms. The van der Waals surface area contributed by atoms with Gasteiger partial charge in [0.2, 0.25) is 0 Å². The van der Waals surface area contributed by atoms with Crippen LogP contribution < -0.4 is 5.32 Å². The van der Waals surface area contributed by atoms with Crippen molar-refractivity contribution in [2.45, 2.75) is 20.4 Å². The molecule has 4 aromatic rings. The number of hydrogen-bond acceptors (Lipinski definition) is 3. The Labute approximate surface area is 150 Å². The third kappa shape index (κ3) is 2.97. The maximum Gasteiger partial charge on any atom is 0.253 e. The standard InChI is InChI=1S/C20H19N5O/c1-13-11-14(2)25(24-13)18-10-6-3-7-15(18)20(26)21-12-19-22-16-8-4-5-9-17(16)23-19/h3-11H,12H2,1-2H3,(H,21,26)(H,22,23). The van der Waals surface area contributed by atoms with Gasteiger partial charge in [0, 0.05) is 5.69 Å². The van der Waals surface area contributed by atoms with Crippen molar-refractivity contribution in [3.8, 4) is 5.69 Å². The monoisotopic (exact) mass is 345 g/mol. The van der Waals surface area contributed by atoms with Gasteiger partial charge in [-0.1, -0.05) is 24.3 Å². The zero-order valence-corrected chi connectivity index (χ0v) is 14.7. The van der Waals surface area contributed by atoms with Crippen molar-refractivity contribution in [2.75, 3.05) is 0 Å². The van der Waals surface area contributed by atoms with E-state index in [0.29, 0.717) is 12.1 Å². The molecule has 0 aliphatic heterocycles. The molecule has 0 aliphatic rings. The normalized spacial score (nSPS) is 11.0. The number of aryl methyl sites for hydroxylation is 2. The second-order valence-corrected chi connectivity index (χ2v) is 6.24. The van der Waals surface area contributed by atoms with E-state index >= 15 is 0 Å². The first kappa shape index (κ1) is 16.1. The van der Waals surface area contributed by atoms with Crippen molar-refractivity contribution < 1.29 is 4.79 Å². The van der Waals surface area contributed by atoms with Gasteiger partial charge in [-0.25, -0.2) is 9.67 Å². The summed E-state index contributed by atoms with van der Waals surface area (Å²) in [6.07, 6.45) is 0. The van der Waals surface area contributed by atoms with Crippen LogP contribution in [0.5, 0.6) is 0 Å². The van der Waals surface area contributed by atoms with Crippen LogP contribution in [0.1, 0.15) is 27.6 Å². The molecule has 0 atom stereocenters. The lowest BCUT2D eigenvalue weighted by molar-refractivity contribution is 0.0950. The fraction of sp³-hybridized carbons (Fsp3) is 0.150. The predicted molar refractivity (Wildman–Crippen MR) is 100 cm³/mol. The molecule has 6 nitrogen and oxygen atoms in total. The van der Waals surface area contributed by atoms with Gasteiger partial charge in [-0.2, -0.15) is 5.10 Å². The number of hydrogen-bond donors (Lipinski definition) is 2. The number of nitrogens with one attached hydrogen (secondary N) is 2. The molecular weight excluding hydrogens is 326 g/mol. The summed E-state index contributed by atoms with van der Waals surface area (Å²) < 4.78 is 1.80. The molecule has 2 aromatic heterocycles. The number of imidazole rings is 1. The Bertz CT molecular complexity index is 1060. The third-order valence-corrected chi connectivity index (χ3v) is 4.24. The van der Waals surface area contributed by atoms with Crippen LogP contribution in [0.4, 0.5) is 0 Å². The summed E-state index contributed by atoms with van der Waals surface area (Å²) in [7, 11) is 0. The number of amides is 1. The Morgan fingerprint density at radius 3 is 2.65 bits per heavy atom. The van der Waals surface area contributed by atoms with Crippen molar-refractivity contribution >= 4 is 16.9 Å². The fourth-order valence-electron chi connectivity index (χ4n) is 3.07. The molecule has 26 heavy (non-hydrogen) atoms. The summed E-state index contributed by atoms with van der Waals surface area (Å²) in [5, 5.41) is 7.43. The summed E-state index contributed by atoms with van der Waals surface area (Å²) >= 11 is 0. The van der Waals surface area contributed by atoms with E-state index in [1.807, 2.05) is 62.4 Å². The summed E-state index contributed by atoms with van der Waals surface area (Å²) in [6, 6.07) is 17.2. The number of nitrogens with zero attached hydrogens (tertiary/aromatic N) is 3. The molecule has 6 heteroatoms. The van der Waals surface area contributed by atoms with Crippen LogP contribution in [0.2, 0.25) is 0 Å². The highest BCUT2D eigenvalue weighted by molar-refractivity contribution is 5.97. The minimum Gasteiger partial charge on any atom is -0.345 e. The van der Waals surface area contributed by atoms with Gasteiger partial charge in [0.1, 0.15) is 5.82 Å². The van der Waals surface area contributed by atoms with Gasteiger partial charge in [-0.3, -0.25) is 4.79 Å². The van der Waals surface area contributed by atoms with Gasteiger partial charge in [0.15, 0.2) is 0 Å². The molecule has 4 rings (SSSR count). The zero-order chi connectivity index (χ0) is 18.1. The molecule has 0 saturated heterocycles. The number of H-pyrrole nitrogens is 1. The number of aromatic nitrogens is 4. The van der Waals surface area contributed by atoms with Gasteiger partial charge < -0.3 is 10.3 Å². The number of fused-ring (bicyclic) bond motifs is 1. The molecule has 0 spiro atoms. The first-order valence-electron chi connectivity index (χ1n) is 8.46. The van der Waals surface area contributed by atoms with Crippen molar-refractivity contribution in [3.05, 3.63) is 77.4 Å². The van der Waals surface area contributed by atoms with E-state index in [0.717, 1.165) is 33.9 Å². The molecule has 0 saturated carbocycles. The second kappa shape index (κ2) is 6.48. The first-order chi connectivity index (χ1) is 12.6. The number of para-hydroxylation sites is 3. The molecule has 2 N–H and O–H groups in total. The van der Waals surface area contributed by atoms with Crippen LogP contribution in [0.3, 0.4) is 0 Å². The van der Waals surface area contributed by atoms with E-state index in [1.165, 1.54) is 0 Å². The van der Waals surface area contributed by atoms with E-state index < -0.39 is 0 Å². The summed E-state index contributed by atoms with van der Waals surface area (Å²) in [5.41, 5.74) is 5.09. The van der Waals surface area contributed by atoms with E-state index in [1.54, 1.807) is 10.7 Å². The molecule has 0 fully saturated rings. The second-order valence-electron chi connectivity index (χ2n) is 6.24. The molecule has 1 amide bonds. The maximum absolute atomic E-state index is 12.8. The van der Waals surface area contributed by atoms with E-state index in [9.17, 15) is 4.79 Å². The van der Waals surface area contributed by atoms with Gasteiger partial charge in [-0.05, 0) is 44.2 Å². The maximum atomic E-state index is 12.8. The van der Waals surface area contributed by atoms with Crippen LogP contribution in [0.15, 0.2) is 54.6 Å². The Balaban J connectivity index is 1.58. The Kier molecular flexibility index (Phi) is 4.01. The minimum atomic E-state index is -0.159. The first-order valence-corrected chi connectivity index (χ1v) is 8.46. The van der Waals surface area contributed by atoms with Gasteiger partial charge in [0.05, 0.1) is 34.5 Å². The average Bonchev–Trinajstić information content (AvgIpc) is 3.21. The van der Waals surface area contributed by atoms with Crippen LogP contribution in [-0.2, 0) is 6.54 Å². The molecule has 2 aromatic carbocycles. The largest absolute Gasteiger partial charge is 0.345 e. The number of carbonyl (C=O) groups is 1. The van der Waals surface area contributed by atoms with Gasteiger partial charge >= 0.3 is 0 Å². The minimum absolute atomic E-state index is 0.159. The Hall–Kier alpha value is -3.41. The van der Waals surface area contributed by atoms with E-state index in [4.69, 9.17) is 0 Å². The van der Waals surface area contributed by atoms with Gasteiger partial charge in [-0.15, -0.1) is 0 Å². The Morgan fingerprint density at radius 2 is 1.88 bits per heavy atom. The van der Waals surface area contributed by atoms with Crippen LogP contribution in [0.25, 0.3) is 16.7 Å². The van der Waals surface area contributed by atoms with Gasteiger partial charge in [0.25, 0.3) is 5.91 Å².